The summed E-state index contributed by atoms with van der Waals surface area (Å²) in [6.07, 6.45) is 0.954. The first kappa shape index (κ1) is 12.7. The number of rotatable bonds is 3. The standard InChI is InChI=1S/C16H15FN2O/c1-2-9-19-14-6-4-3-5-13(14)18-16(19)12-8-7-11(17)10-15(12)20/h3-8,10,20H,2,9H2,1H3. The van der Waals surface area contributed by atoms with Crippen molar-refractivity contribution in [3.05, 3.63) is 48.3 Å². The molecule has 0 unspecified atom stereocenters. The van der Waals surface area contributed by atoms with E-state index in [9.17, 15) is 9.50 Å². The van der Waals surface area contributed by atoms with E-state index in [0.717, 1.165) is 30.1 Å². The molecule has 0 amide bonds. The Bertz CT molecular complexity index is 764. The molecule has 1 heterocycles. The van der Waals surface area contributed by atoms with Gasteiger partial charge in [-0.3, -0.25) is 0 Å². The lowest BCUT2D eigenvalue weighted by Crippen LogP contribution is -2.00. The summed E-state index contributed by atoms with van der Waals surface area (Å²) in [5.41, 5.74) is 2.45. The van der Waals surface area contributed by atoms with E-state index in [4.69, 9.17) is 0 Å². The second kappa shape index (κ2) is 4.96. The maximum absolute atomic E-state index is 13.1. The van der Waals surface area contributed by atoms with Gasteiger partial charge in [-0.1, -0.05) is 19.1 Å². The molecule has 0 fully saturated rings. The van der Waals surface area contributed by atoms with Gasteiger partial charge in [0.15, 0.2) is 0 Å². The molecule has 20 heavy (non-hydrogen) atoms. The monoisotopic (exact) mass is 270 g/mol. The molecule has 0 saturated heterocycles. The zero-order chi connectivity index (χ0) is 14.1. The summed E-state index contributed by atoms with van der Waals surface area (Å²) in [6, 6.07) is 11.9. The van der Waals surface area contributed by atoms with Crippen molar-refractivity contribution in [1.82, 2.24) is 9.55 Å². The Labute approximate surface area is 116 Å². The first-order valence-corrected chi connectivity index (χ1v) is 6.65. The van der Waals surface area contributed by atoms with Gasteiger partial charge in [-0.25, -0.2) is 9.37 Å². The number of halogens is 1. The van der Waals surface area contributed by atoms with Crippen LogP contribution in [0.1, 0.15) is 13.3 Å². The molecule has 3 rings (SSSR count). The Morgan fingerprint density at radius 2 is 2.00 bits per heavy atom. The van der Waals surface area contributed by atoms with Gasteiger partial charge in [0, 0.05) is 12.6 Å². The van der Waals surface area contributed by atoms with E-state index in [1.165, 1.54) is 6.07 Å². The molecule has 0 aliphatic carbocycles. The van der Waals surface area contributed by atoms with Gasteiger partial charge in [-0.05, 0) is 30.7 Å². The quantitative estimate of drug-likeness (QED) is 0.782. The second-order valence-electron chi connectivity index (χ2n) is 4.74. The van der Waals surface area contributed by atoms with Crippen molar-refractivity contribution in [1.29, 1.82) is 0 Å². The molecule has 4 heteroatoms. The molecule has 0 aliphatic heterocycles. The van der Waals surface area contributed by atoms with E-state index < -0.39 is 5.82 Å². The summed E-state index contributed by atoms with van der Waals surface area (Å²) in [4.78, 5) is 4.57. The van der Waals surface area contributed by atoms with Crippen molar-refractivity contribution in [3.63, 3.8) is 0 Å². The summed E-state index contributed by atoms with van der Waals surface area (Å²) >= 11 is 0. The molecule has 0 atom stereocenters. The number of hydrogen-bond donors (Lipinski definition) is 1. The summed E-state index contributed by atoms with van der Waals surface area (Å²) in [5.74, 6) is 0.132. The smallest absolute Gasteiger partial charge is 0.144 e. The van der Waals surface area contributed by atoms with Crippen LogP contribution in [0.4, 0.5) is 4.39 Å². The van der Waals surface area contributed by atoms with Gasteiger partial charge >= 0.3 is 0 Å². The van der Waals surface area contributed by atoms with Crippen molar-refractivity contribution in [2.45, 2.75) is 19.9 Å². The molecular formula is C16H15FN2O. The van der Waals surface area contributed by atoms with Crippen LogP contribution in [-0.2, 0) is 6.54 Å². The lowest BCUT2D eigenvalue weighted by Gasteiger charge is -2.09. The predicted octanol–water partition coefficient (Wildman–Crippen LogP) is 3.96. The summed E-state index contributed by atoms with van der Waals surface area (Å²) in [5, 5.41) is 9.97. The fraction of sp³-hybridized carbons (Fsp3) is 0.188. The number of phenolic OH excluding ortho intramolecular Hbond substituents is 1. The van der Waals surface area contributed by atoms with Gasteiger partial charge in [0.2, 0.25) is 0 Å². The third-order valence-electron chi connectivity index (χ3n) is 3.30. The highest BCUT2D eigenvalue weighted by atomic mass is 19.1. The molecule has 3 aromatic rings. The van der Waals surface area contributed by atoms with Crippen molar-refractivity contribution >= 4 is 11.0 Å². The molecule has 102 valence electrons. The summed E-state index contributed by atoms with van der Waals surface area (Å²) in [7, 11) is 0. The number of nitrogens with zero attached hydrogens (tertiary/aromatic N) is 2. The topological polar surface area (TPSA) is 38.0 Å². The SMILES string of the molecule is CCCn1c(-c2ccc(F)cc2O)nc2ccccc21. The molecular weight excluding hydrogens is 255 g/mol. The summed E-state index contributed by atoms with van der Waals surface area (Å²) in [6.45, 7) is 2.88. The Hall–Kier alpha value is -2.36. The third-order valence-corrected chi connectivity index (χ3v) is 3.30. The predicted molar refractivity (Wildman–Crippen MR) is 77.1 cm³/mol. The molecule has 0 radical (unpaired) electrons. The fourth-order valence-electron chi connectivity index (χ4n) is 2.42. The Morgan fingerprint density at radius 3 is 2.75 bits per heavy atom. The van der Waals surface area contributed by atoms with Gasteiger partial charge in [0.05, 0.1) is 16.6 Å². The van der Waals surface area contributed by atoms with E-state index in [1.807, 2.05) is 24.3 Å². The molecule has 0 bridgehead atoms. The van der Waals surface area contributed by atoms with Crippen LogP contribution in [-0.4, -0.2) is 14.7 Å². The lowest BCUT2D eigenvalue weighted by atomic mass is 10.2. The van der Waals surface area contributed by atoms with Gasteiger partial charge < -0.3 is 9.67 Å². The highest BCUT2D eigenvalue weighted by Crippen LogP contribution is 2.31. The molecule has 1 aromatic heterocycles. The van der Waals surface area contributed by atoms with E-state index in [2.05, 4.69) is 16.5 Å². The molecule has 0 aliphatic rings. The van der Waals surface area contributed by atoms with Crippen molar-refractivity contribution in [2.24, 2.45) is 0 Å². The van der Waals surface area contributed by atoms with Crippen LogP contribution < -0.4 is 0 Å². The van der Waals surface area contributed by atoms with Crippen molar-refractivity contribution in [3.8, 4) is 17.1 Å². The number of aromatic hydroxyl groups is 1. The fourth-order valence-corrected chi connectivity index (χ4v) is 2.42. The number of aromatic nitrogens is 2. The molecule has 1 N–H and O–H groups in total. The van der Waals surface area contributed by atoms with Crippen LogP contribution in [0.3, 0.4) is 0 Å². The van der Waals surface area contributed by atoms with E-state index in [1.54, 1.807) is 6.07 Å². The first-order valence-electron chi connectivity index (χ1n) is 6.65. The number of hydrogen-bond acceptors (Lipinski definition) is 2. The normalized spacial score (nSPS) is 11.1. The maximum atomic E-state index is 13.1. The number of phenols is 1. The van der Waals surface area contributed by atoms with Crippen molar-refractivity contribution in [2.75, 3.05) is 0 Å². The Morgan fingerprint density at radius 1 is 1.20 bits per heavy atom. The highest BCUT2D eigenvalue weighted by Gasteiger charge is 2.15. The zero-order valence-electron chi connectivity index (χ0n) is 11.2. The van der Waals surface area contributed by atoms with E-state index in [-0.39, 0.29) is 5.75 Å². The van der Waals surface area contributed by atoms with Crippen molar-refractivity contribution < 1.29 is 9.50 Å². The zero-order valence-corrected chi connectivity index (χ0v) is 11.2. The van der Waals surface area contributed by atoms with Crippen LogP contribution in [0.15, 0.2) is 42.5 Å². The van der Waals surface area contributed by atoms with Gasteiger partial charge in [-0.2, -0.15) is 0 Å². The van der Waals surface area contributed by atoms with E-state index >= 15 is 0 Å². The number of para-hydroxylation sites is 2. The van der Waals surface area contributed by atoms with E-state index in [0.29, 0.717) is 11.4 Å². The van der Waals surface area contributed by atoms with Crippen LogP contribution in [0.25, 0.3) is 22.4 Å². The van der Waals surface area contributed by atoms with Crippen LogP contribution in [0.2, 0.25) is 0 Å². The summed E-state index contributed by atoms with van der Waals surface area (Å²) < 4.78 is 15.2. The minimum absolute atomic E-state index is 0.0855. The molecule has 0 saturated carbocycles. The average Bonchev–Trinajstić information content (AvgIpc) is 2.78. The van der Waals surface area contributed by atoms with Gasteiger partial charge in [-0.15, -0.1) is 0 Å². The average molecular weight is 270 g/mol. The second-order valence-corrected chi connectivity index (χ2v) is 4.74. The highest BCUT2D eigenvalue weighted by molar-refractivity contribution is 5.81. The van der Waals surface area contributed by atoms with Crippen LogP contribution in [0.5, 0.6) is 5.75 Å². The van der Waals surface area contributed by atoms with Crippen LogP contribution >= 0.6 is 0 Å². The lowest BCUT2D eigenvalue weighted by molar-refractivity contribution is 0.470. The van der Waals surface area contributed by atoms with Gasteiger partial charge in [0.1, 0.15) is 17.4 Å². The molecule has 0 spiro atoms. The number of imidazole rings is 1. The van der Waals surface area contributed by atoms with Crippen LogP contribution in [0, 0.1) is 5.82 Å². The number of aryl methyl sites for hydroxylation is 1. The minimum Gasteiger partial charge on any atom is -0.507 e. The van der Waals surface area contributed by atoms with Gasteiger partial charge in [0.25, 0.3) is 0 Å². The third kappa shape index (κ3) is 2.03. The first-order chi connectivity index (χ1) is 9.70. The maximum Gasteiger partial charge on any atom is 0.144 e. The Balaban J connectivity index is 2.26. The largest absolute Gasteiger partial charge is 0.507 e. The molecule has 3 nitrogen and oxygen atoms in total. The Kier molecular flexibility index (Phi) is 3.14. The molecule has 2 aromatic carbocycles. The minimum atomic E-state index is -0.454. The number of fused-ring (bicyclic) bond motifs is 1. The number of benzene rings is 2.